The van der Waals surface area contributed by atoms with Crippen LogP contribution in [0.25, 0.3) is 0 Å². The molecule has 5 rings (SSSR count). The average molecular weight is 485 g/mol. The maximum Gasteiger partial charge on any atom is 0.302 e. The molecule has 0 aromatic heterocycles. The van der Waals surface area contributed by atoms with Gasteiger partial charge in [-0.1, -0.05) is 60.1 Å². The number of aliphatic hydroxyl groups is 1. The van der Waals surface area contributed by atoms with Crippen molar-refractivity contribution in [2.45, 2.75) is 126 Å². The van der Waals surface area contributed by atoms with Crippen LogP contribution in [0.3, 0.4) is 0 Å². The van der Waals surface area contributed by atoms with Crippen molar-refractivity contribution in [1.82, 2.24) is 0 Å². The van der Waals surface area contributed by atoms with Crippen LogP contribution >= 0.6 is 0 Å². The molecule has 0 spiro atoms. The third kappa shape index (κ3) is 3.21. The molecule has 3 heteroatoms. The molecule has 0 bridgehead atoms. The van der Waals surface area contributed by atoms with Crippen molar-refractivity contribution < 1.29 is 14.6 Å². The number of fused-ring (bicyclic) bond motifs is 7. The first-order chi connectivity index (χ1) is 16.1. The van der Waals surface area contributed by atoms with Crippen molar-refractivity contribution >= 4 is 5.97 Å². The summed E-state index contributed by atoms with van der Waals surface area (Å²) in [6.45, 7) is 21.3. The Morgan fingerprint density at radius 3 is 2.29 bits per heavy atom. The number of carbonyl (C=O) groups is 1. The molecule has 35 heavy (non-hydrogen) atoms. The Hall–Kier alpha value is -0.830. The fraction of sp³-hybridized carbons (Fsp3) is 0.906. The van der Waals surface area contributed by atoms with Crippen LogP contribution in [0.1, 0.15) is 114 Å². The number of aliphatic hydroxyl groups excluding tert-OH is 1. The molecule has 4 saturated carbocycles. The van der Waals surface area contributed by atoms with Gasteiger partial charge in [0.25, 0.3) is 0 Å². The highest BCUT2D eigenvalue weighted by atomic mass is 16.5. The molecular weight excluding hydrogens is 432 g/mol. The van der Waals surface area contributed by atoms with E-state index in [0.717, 1.165) is 25.7 Å². The van der Waals surface area contributed by atoms with Crippen LogP contribution in [0.5, 0.6) is 0 Å². The van der Waals surface area contributed by atoms with Gasteiger partial charge in [0, 0.05) is 17.8 Å². The van der Waals surface area contributed by atoms with E-state index in [-0.39, 0.29) is 45.3 Å². The van der Waals surface area contributed by atoms with Gasteiger partial charge in [-0.3, -0.25) is 4.79 Å². The van der Waals surface area contributed by atoms with Gasteiger partial charge in [0.1, 0.15) is 6.10 Å². The Kier molecular flexibility index (Phi) is 5.78. The number of hydrogen-bond donors (Lipinski definition) is 1. The van der Waals surface area contributed by atoms with E-state index in [2.05, 4.69) is 61.5 Å². The molecule has 0 aliphatic heterocycles. The van der Waals surface area contributed by atoms with Crippen molar-refractivity contribution in [2.75, 3.05) is 0 Å². The number of ether oxygens (including phenoxy) is 1. The van der Waals surface area contributed by atoms with E-state index in [1.54, 1.807) is 6.92 Å². The molecule has 4 unspecified atom stereocenters. The van der Waals surface area contributed by atoms with Gasteiger partial charge in [0.05, 0.1) is 6.10 Å². The molecule has 0 heterocycles. The lowest BCUT2D eigenvalue weighted by atomic mass is 9.31. The lowest BCUT2D eigenvalue weighted by Crippen LogP contribution is -2.69. The fourth-order valence-corrected chi connectivity index (χ4v) is 11.7. The minimum Gasteiger partial charge on any atom is -0.462 e. The maximum atomic E-state index is 11.9. The van der Waals surface area contributed by atoms with Crippen molar-refractivity contribution in [3.05, 3.63) is 11.6 Å². The third-order valence-electron chi connectivity index (χ3n) is 13.9. The van der Waals surface area contributed by atoms with E-state index >= 15 is 0 Å². The van der Waals surface area contributed by atoms with Gasteiger partial charge >= 0.3 is 5.97 Å². The van der Waals surface area contributed by atoms with E-state index < -0.39 is 0 Å². The van der Waals surface area contributed by atoms with Crippen LogP contribution in [-0.4, -0.2) is 23.3 Å². The number of rotatable bonds is 1. The summed E-state index contributed by atoms with van der Waals surface area (Å²) >= 11 is 0. The minimum atomic E-state index is -0.224. The van der Waals surface area contributed by atoms with Crippen LogP contribution < -0.4 is 0 Å². The second-order valence-electron chi connectivity index (χ2n) is 15.3. The summed E-state index contributed by atoms with van der Waals surface area (Å²) in [5, 5.41) is 11.8. The number of carbonyl (C=O) groups excluding carboxylic acids is 1. The van der Waals surface area contributed by atoms with Gasteiger partial charge in [-0.25, -0.2) is 0 Å². The van der Waals surface area contributed by atoms with Gasteiger partial charge in [0.15, 0.2) is 0 Å². The molecule has 1 N–H and O–H groups in total. The van der Waals surface area contributed by atoms with Crippen molar-refractivity contribution in [3.63, 3.8) is 0 Å². The summed E-state index contributed by atoms with van der Waals surface area (Å²) in [6, 6.07) is 0. The predicted molar refractivity (Wildman–Crippen MR) is 142 cm³/mol. The topological polar surface area (TPSA) is 46.5 Å². The van der Waals surface area contributed by atoms with E-state index in [1.165, 1.54) is 31.3 Å². The normalized spacial score (nSPS) is 54.9. The summed E-state index contributed by atoms with van der Waals surface area (Å²) in [5.41, 5.74) is 2.22. The maximum absolute atomic E-state index is 11.9. The van der Waals surface area contributed by atoms with E-state index in [1.807, 2.05) is 0 Å². The van der Waals surface area contributed by atoms with E-state index in [4.69, 9.17) is 4.74 Å². The van der Waals surface area contributed by atoms with Crippen LogP contribution in [-0.2, 0) is 9.53 Å². The molecule has 0 aromatic rings. The predicted octanol–water partition coefficient (Wildman–Crippen LogP) is 7.57. The molecule has 11 atom stereocenters. The Morgan fingerprint density at radius 2 is 1.63 bits per heavy atom. The molecule has 5 aliphatic rings. The molecular formula is C32H52O3. The summed E-state index contributed by atoms with van der Waals surface area (Å²) in [7, 11) is 0. The Morgan fingerprint density at radius 1 is 0.943 bits per heavy atom. The van der Waals surface area contributed by atoms with Gasteiger partial charge in [-0.05, 0) is 104 Å². The zero-order valence-electron chi connectivity index (χ0n) is 24.0. The molecule has 198 valence electrons. The monoisotopic (exact) mass is 484 g/mol. The summed E-state index contributed by atoms with van der Waals surface area (Å²) < 4.78 is 5.90. The molecule has 0 amide bonds. The zero-order chi connectivity index (χ0) is 25.8. The fourth-order valence-electron chi connectivity index (χ4n) is 11.7. The van der Waals surface area contributed by atoms with Crippen molar-refractivity contribution in [2.24, 2.45) is 56.7 Å². The number of esters is 1. The molecule has 0 aromatic carbocycles. The lowest BCUT2D eigenvalue weighted by Gasteiger charge is -2.74. The van der Waals surface area contributed by atoms with Crippen molar-refractivity contribution in [1.29, 1.82) is 0 Å². The highest BCUT2D eigenvalue weighted by molar-refractivity contribution is 5.66. The number of allylic oxidation sites excluding steroid dienone is 2. The highest BCUT2D eigenvalue weighted by Crippen LogP contribution is 2.76. The molecule has 4 fully saturated rings. The third-order valence-corrected chi connectivity index (χ3v) is 13.9. The summed E-state index contributed by atoms with van der Waals surface area (Å²) in [5.74, 6) is 2.91. The summed E-state index contributed by atoms with van der Waals surface area (Å²) in [4.78, 5) is 11.9. The molecule has 0 radical (unpaired) electrons. The average Bonchev–Trinajstić information content (AvgIpc) is 2.75. The molecule has 0 saturated heterocycles. The largest absolute Gasteiger partial charge is 0.462 e. The molecule has 5 aliphatic carbocycles. The van der Waals surface area contributed by atoms with Crippen LogP contribution in [0, 0.1) is 56.7 Å². The van der Waals surface area contributed by atoms with Gasteiger partial charge in [-0.15, -0.1) is 0 Å². The van der Waals surface area contributed by atoms with Crippen LogP contribution in [0.15, 0.2) is 11.6 Å². The second-order valence-corrected chi connectivity index (χ2v) is 15.3. The Balaban J connectivity index is 1.53. The first kappa shape index (κ1) is 25.8. The SMILES string of the molecule is CC(=O)O[C@H]1CC[C@@]2(C)C(CC[C@]3(C)C2CCC2C4[C@H](C)C(C)=CC[C@]4(C)[C@H](O)C[C@]23C)C1(C)C. The quantitative estimate of drug-likeness (QED) is 0.308. The van der Waals surface area contributed by atoms with Crippen LogP contribution in [0.2, 0.25) is 0 Å². The minimum absolute atomic E-state index is 0.00218. The Bertz CT molecular complexity index is 920. The van der Waals surface area contributed by atoms with Gasteiger partial charge in [-0.2, -0.15) is 0 Å². The van der Waals surface area contributed by atoms with Gasteiger partial charge in [0.2, 0.25) is 0 Å². The smallest absolute Gasteiger partial charge is 0.302 e. The first-order valence-corrected chi connectivity index (χ1v) is 14.6. The number of hydrogen-bond acceptors (Lipinski definition) is 3. The van der Waals surface area contributed by atoms with Crippen LogP contribution in [0.4, 0.5) is 0 Å². The zero-order valence-corrected chi connectivity index (χ0v) is 24.0. The second kappa shape index (κ2) is 7.84. The van der Waals surface area contributed by atoms with Gasteiger partial charge < -0.3 is 9.84 Å². The van der Waals surface area contributed by atoms with E-state index in [9.17, 15) is 9.90 Å². The van der Waals surface area contributed by atoms with E-state index in [0.29, 0.717) is 29.6 Å². The highest BCUT2D eigenvalue weighted by Gasteiger charge is 2.71. The standard InChI is InChI=1S/C32H52O3/c1-19-12-15-30(7)25(34)18-32(9)22(27(30)20(19)2)10-11-24-29(6)16-14-26(35-21(3)33)28(4,5)23(29)13-17-31(24,32)8/h12,20,22-27,34H,10-11,13-18H2,1-9H3/t20-,22?,23?,24?,25-,26+,27?,29+,30-,31-,32-/m1/s1. The lowest BCUT2D eigenvalue weighted by molar-refractivity contribution is -0.268. The van der Waals surface area contributed by atoms with Crippen molar-refractivity contribution in [3.8, 4) is 0 Å². The molecule has 3 nitrogen and oxygen atoms in total. The Labute approximate surface area is 214 Å². The summed E-state index contributed by atoms with van der Waals surface area (Å²) in [6.07, 6.45) is 11.4. The first-order valence-electron chi connectivity index (χ1n) is 14.6.